The van der Waals surface area contributed by atoms with Gasteiger partial charge in [-0.25, -0.2) is 9.78 Å². The van der Waals surface area contributed by atoms with Crippen molar-refractivity contribution in [1.29, 1.82) is 0 Å². The Morgan fingerprint density at radius 2 is 2.16 bits per heavy atom. The summed E-state index contributed by atoms with van der Waals surface area (Å²) in [5.74, 6) is 0.486. The second-order valence-corrected chi connectivity index (χ2v) is 9.58. The summed E-state index contributed by atoms with van der Waals surface area (Å²) in [6, 6.07) is 5.57. The van der Waals surface area contributed by atoms with Crippen molar-refractivity contribution in [3.05, 3.63) is 50.8 Å². The van der Waals surface area contributed by atoms with Gasteiger partial charge in [0, 0.05) is 32.8 Å². The molecule has 0 radical (unpaired) electrons. The van der Waals surface area contributed by atoms with Crippen molar-refractivity contribution < 1.29 is 14.6 Å². The van der Waals surface area contributed by atoms with E-state index in [2.05, 4.69) is 6.92 Å². The number of esters is 1. The van der Waals surface area contributed by atoms with Gasteiger partial charge in [0.15, 0.2) is 5.60 Å². The lowest BCUT2D eigenvalue weighted by atomic mass is 9.86. The second-order valence-electron chi connectivity index (χ2n) is 8.55. The predicted molar refractivity (Wildman–Crippen MR) is 118 cm³/mol. The van der Waals surface area contributed by atoms with Gasteiger partial charge in [-0.1, -0.05) is 13.8 Å². The average Bonchev–Trinajstić information content (AvgIpc) is 3.13. The van der Waals surface area contributed by atoms with Gasteiger partial charge >= 0.3 is 5.97 Å². The number of carbonyl (C=O) groups excluding carboxylic acids is 1. The third-order valence-electron chi connectivity index (χ3n) is 6.85. The first-order valence-corrected chi connectivity index (χ1v) is 11.4. The van der Waals surface area contributed by atoms with E-state index < -0.39 is 11.6 Å². The minimum atomic E-state index is -1.82. The molecular weight excluding hydrogens is 414 g/mol. The Morgan fingerprint density at radius 3 is 2.94 bits per heavy atom. The molecule has 31 heavy (non-hydrogen) atoms. The summed E-state index contributed by atoms with van der Waals surface area (Å²) in [5, 5.41) is 12.1. The molecule has 0 saturated carbocycles. The van der Waals surface area contributed by atoms with Gasteiger partial charge in [0.1, 0.15) is 6.61 Å². The molecule has 0 fully saturated rings. The van der Waals surface area contributed by atoms with Crippen molar-refractivity contribution in [3.63, 3.8) is 0 Å². The summed E-state index contributed by atoms with van der Waals surface area (Å²) >= 11 is 1.75. The summed E-state index contributed by atoms with van der Waals surface area (Å²) in [6.07, 6.45) is 0.127. The minimum Gasteiger partial charge on any atom is -0.458 e. The number of thioether (sulfide) groups is 1. The van der Waals surface area contributed by atoms with Crippen LogP contribution in [0.3, 0.4) is 0 Å². The molecule has 3 aliphatic rings. The first-order chi connectivity index (χ1) is 14.8. The minimum absolute atomic E-state index is 0.123. The zero-order chi connectivity index (χ0) is 21.7. The number of benzene rings is 1. The number of pyridine rings is 2. The molecular formula is C23H21N3O4S. The fraction of sp³-hybridized carbons (Fsp3) is 0.348. The van der Waals surface area contributed by atoms with Crippen LogP contribution in [0.5, 0.6) is 0 Å². The van der Waals surface area contributed by atoms with Gasteiger partial charge in [0.05, 0.1) is 29.0 Å². The monoisotopic (exact) mass is 435 g/mol. The summed E-state index contributed by atoms with van der Waals surface area (Å²) in [5.41, 5.74) is 10.1. The molecule has 7 nitrogen and oxygen atoms in total. The standard InChI is InChI=1S/C23H21N3O4S/c1-3-23(29)13-6-16-19-11(7-26(16)21(27)12(13)8-30-22(23)28)17-10(2)9-31-20-14(24)4-5-15(25-19)18(17)20/h4-6,10,29H,3,7-9,24H2,1-2H3/t10?,23-/m0/s1. The summed E-state index contributed by atoms with van der Waals surface area (Å²) < 4.78 is 6.85. The van der Waals surface area contributed by atoms with Gasteiger partial charge in [-0.2, -0.15) is 0 Å². The molecule has 0 spiro atoms. The van der Waals surface area contributed by atoms with Crippen molar-refractivity contribution in [2.24, 2.45) is 0 Å². The fourth-order valence-electron chi connectivity index (χ4n) is 5.18. The van der Waals surface area contributed by atoms with E-state index in [-0.39, 0.29) is 24.5 Å². The lowest BCUT2D eigenvalue weighted by Crippen LogP contribution is -2.44. The van der Waals surface area contributed by atoms with Crippen molar-refractivity contribution in [2.45, 2.75) is 49.8 Å². The molecule has 5 heterocycles. The van der Waals surface area contributed by atoms with Crippen molar-refractivity contribution in [3.8, 4) is 11.4 Å². The number of rotatable bonds is 1. The number of ether oxygens (including phenoxy) is 1. The third kappa shape index (κ3) is 2.26. The number of cyclic esters (lactones) is 1. The highest BCUT2D eigenvalue weighted by Crippen LogP contribution is 2.48. The number of hydrogen-bond acceptors (Lipinski definition) is 7. The van der Waals surface area contributed by atoms with Gasteiger partial charge in [-0.15, -0.1) is 11.8 Å². The normalized spacial score (nSPS) is 23.3. The first kappa shape index (κ1) is 18.9. The quantitative estimate of drug-likeness (QED) is 0.350. The highest BCUT2D eigenvalue weighted by molar-refractivity contribution is 7.99. The number of nitrogen functional groups attached to an aromatic ring is 1. The first-order valence-electron chi connectivity index (χ1n) is 10.4. The maximum atomic E-state index is 13.4. The molecule has 1 unspecified atom stereocenters. The molecule has 8 heteroatoms. The Bertz CT molecular complexity index is 1400. The number of aromatic nitrogens is 2. The van der Waals surface area contributed by atoms with E-state index in [1.165, 1.54) is 5.56 Å². The summed E-state index contributed by atoms with van der Waals surface area (Å²) in [7, 11) is 0. The van der Waals surface area contributed by atoms with E-state index in [1.54, 1.807) is 29.3 Å². The molecule has 2 aromatic heterocycles. The molecule has 0 bridgehead atoms. The van der Waals surface area contributed by atoms with E-state index in [0.29, 0.717) is 23.4 Å². The van der Waals surface area contributed by atoms with Gasteiger partial charge in [-0.05, 0) is 36.1 Å². The zero-order valence-corrected chi connectivity index (χ0v) is 18.0. The SMILES string of the molecule is CC[C@@]1(O)C(=O)OCc2c1cc1n(c2=O)Cc2c-1nc1ccc(N)c3c1c2C(C)CS3. The van der Waals surface area contributed by atoms with Crippen LogP contribution >= 0.6 is 11.8 Å². The van der Waals surface area contributed by atoms with Crippen molar-refractivity contribution in [1.82, 2.24) is 9.55 Å². The lowest BCUT2D eigenvalue weighted by molar-refractivity contribution is -0.172. The number of nitrogens with two attached hydrogens (primary N) is 1. The number of carbonyl (C=O) groups is 1. The topological polar surface area (TPSA) is 107 Å². The highest BCUT2D eigenvalue weighted by Gasteiger charge is 2.45. The van der Waals surface area contributed by atoms with Crippen LogP contribution in [0.15, 0.2) is 27.9 Å². The van der Waals surface area contributed by atoms with Crippen LogP contribution in [0.4, 0.5) is 5.69 Å². The molecule has 0 aliphatic carbocycles. The number of nitrogens with zero attached hydrogens (tertiary/aromatic N) is 2. The Labute approximate surface area is 182 Å². The van der Waals surface area contributed by atoms with E-state index >= 15 is 0 Å². The van der Waals surface area contributed by atoms with Crippen LogP contribution < -0.4 is 11.3 Å². The maximum Gasteiger partial charge on any atom is 0.343 e. The largest absolute Gasteiger partial charge is 0.458 e. The number of anilines is 1. The van der Waals surface area contributed by atoms with Crippen molar-refractivity contribution >= 4 is 34.3 Å². The van der Waals surface area contributed by atoms with Crippen LogP contribution in [0.1, 0.15) is 48.4 Å². The number of fused-ring (bicyclic) bond motifs is 5. The van der Waals surface area contributed by atoms with Gasteiger partial charge < -0.3 is 20.1 Å². The molecule has 3 aromatic rings. The van der Waals surface area contributed by atoms with E-state index in [0.717, 1.165) is 38.5 Å². The molecule has 2 atom stereocenters. The van der Waals surface area contributed by atoms with Crippen LogP contribution in [-0.4, -0.2) is 26.4 Å². The zero-order valence-electron chi connectivity index (χ0n) is 17.2. The van der Waals surface area contributed by atoms with Crippen LogP contribution in [0, 0.1) is 0 Å². The molecule has 0 amide bonds. The lowest BCUT2D eigenvalue weighted by Gasteiger charge is -2.31. The Kier molecular flexibility index (Phi) is 3.72. The third-order valence-corrected chi connectivity index (χ3v) is 8.25. The highest BCUT2D eigenvalue weighted by atomic mass is 32.2. The van der Waals surface area contributed by atoms with Crippen LogP contribution in [0.25, 0.3) is 22.3 Å². The molecule has 3 aliphatic heterocycles. The summed E-state index contributed by atoms with van der Waals surface area (Å²) in [4.78, 5) is 31.7. The van der Waals surface area contributed by atoms with E-state index in [9.17, 15) is 14.7 Å². The Morgan fingerprint density at radius 1 is 1.35 bits per heavy atom. The Hall–Kier alpha value is -2.84. The van der Waals surface area contributed by atoms with Crippen LogP contribution in [0.2, 0.25) is 0 Å². The van der Waals surface area contributed by atoms with Gasteiger partial charge in [-0.3, -0.25) is 4.79 Å². The predicted octanol–water partition coefficient (Wildman–Crippen LogP) is 2.87. The number of hydrogen-bond donors (Lipinski definition) is 2. The van der Waals surface area contributed by atoms with Gasteiger partial charge in [0.2, 0.25) is 0 Å². The van der Waals surface area contributed by atoms with Gasteiger partial charge in [0.25, 0.3) is 5.56 Å². The van der Waals surface area contributed by atoms with E-state index in [4.69, 9.17) is 15.5 Å². The van der Waals surface area contributed by atoms with Crippen LogP contribution in [-0.2, 0) is 28.3 Å². The smallest absolute Gasteiger partial charge is 0.343 e. The number of aliphatic hydroxyl groups is 1. The van der Waals surface area contributed by atoms with E-state index in [1.807, 2.05) is 12.1 Å². The molecule has 6 rings (SSSR count). The summed E-state index contributed by atoms with van der Waals surface area (Å²) in [6.45, 7) is 4.18. The maximum absolute atomic E-state index is 13.4. The Balaban J connectivity index is 1.69. The second kappa shape index (κ2) is 6.11. The molecule has 0 saturated heterocycles. The fourth-order valence-corrected chi connectivity index (χ4v) is 6.36. The molecule has 1 aromatic carbocycles. The molecule has 3 N–H and O–H groups in total. The molecule has 158 valence electrons. The average molecular weight is 436 g/mol. The van der Waals surface area contributed by atoms with Crippen molar-refractivity contribution in [2.75, 3.05) is 11.5 Å².